The Balaban J connectivity index is 2.03. The summed E-state index contributed by atoms with van der Waals surface area (Å²) in [5, 5.41) is 19.7. The van der Waals surface area contributed by atoms with Gasteiger partial charge in [-0.25, -0.2) is 0 Å². The van der Waals surface area contributed by atoms with Crippen molar-refractivity contribution in [3.05, 3.63) is 63.7 Å². The average molecular weight is 416 g/mol. The molecule has 2 heterocycles. The van der Waals surface area contributed by atoms with Gasteiger partial charge >= 0.3 is 0 Å². The Labute approximate surface area is 161 Å². The van der Waals surface area contributed by atoms with Crippen LogP contribution in [0.1, 0.15) is 0 Å². The minimum atomic E-state index is -0.592. The van der Waals surface area contributed by atoms with Crippen molar-refractivity contribution in [3.8, 4) is 10.7 Å². The Bertz CT molecular complexity index is 824. The lowest BCUT2D eigenvalue weighted by atomic mass is 10.3. The third-order valence-corrected chi connectivity index (χ3v) is 5.60. The number of hydrogen-bond donors (Lipinski definition) is 0. The van der Waals surface area contributed by atoms with Crippen molar-refractivity contribution in [3.63, 3.8) is 0 Å². The maximum atomic E-state index is 10.5. The highest BCUT2D eigenvalue weighted by Gasteiger charge is 2.10. The molecular weight excluding hydrogens is 405 g/mol. The summed E-state index contributed by atoms with van der Waals surface area (Å²) in [5.41, 5.74) is 1.12. The number of nitro groups is 1. The van der Waals surface area contributed by atoms with Crippen LogP contribution in [0.15, 0.2) is 58.0 Å². The van der Waals surface area contributed by atoms with Crippen molar-refractivity contribution < 1.29 is 4.92 Å². The molecule has 2 aromatic rings. The number of thioether (sulfide) groups is 1. The summed E-state index contributed by atoms with van der Waals surface area (Å²) in [6, 6.07) is 0. The Morgan fingerprint density at radius 2 is 2.20 bits per heavy atom. The molecule has 0 fully saturated rings. The van der Waals surface area contributed by atoms with Crippen LogP contribution >= 0.6 is 46.3 Å². The molecule has 7 nitrogen and oxygen atoms in total. The van der Waals surface area contributed by atoms with Crippen molar-refractivity contribution in [2.24, 2.45) is 0 Å². The molecule has 0 unspecified atom stereocenters. The minimum Gasteiger partial charge on any atom is -0.261 e. The first kappa shape index (κ1) is 19.5. The summed E-state index contributed by atoms with van der Waals surface area (Å²) in [4.78, 5) is 18.1. The number of rotatable bonds is 8. The number of allylic oxidation sites excluding steroid dienone is 3. The lowest BCUT2D eigenvalue weighted by Gasteiger charge is -2.03. The highest BCUT2D eigenvalue weighted by atomic mass is 35.5. The van der Waals surface area contributed by atoms with E-state index in [2.05, 4.69) is 26.7 Å². The average Bonchev–Trinajstić information content (AvgIpc) is 3.09. The molecule has 130 valence electrons. The van der Waals surface area contributed by atoms with Crippen LogP contribution in [0.3, 0.4) is 0 Å². The maximum Gasteiger partial charge on any atom is 0.262 e. The fourth-order valence-electron chi connectivity index (χ4n) is 1.45. The molecule has 0 saturated carbocycles. The standard InChI is InChI=1S/C14H11Cl2N5O2S2/c1-9(21(22)23)2-3-11(16)10(6-15)8-24-14-20-19-13(25-14)12-7-17-4-5-18-12/h2-5,7H,1,6,8H2/b3-2-,11-10-. The van der Waals surface area contributed by atoms with Crippen LogP contribution in [0.25, 0.3) is 10.7 Å². The van der Waals surface area contributed by atoms with E-state index in [9.17, 15) is 10.1 Å². The quantitative estimate of drug-likeness (QED) is 0.210. The monoisotopic (exact) mass is 415 g/mol. The van der Waals surface area contributed by atoms with Gasteiger partial charge < -0.3 is 0 Å². The van der Waals surface area contributed by atoms with Crippen LogP contribution < -0.4 is 0 Å². The molecule has 0 aliphatic rings. The van der Waals surface area contributed by atoms with Crippen molar-refractivity contribution in [1.82, 2.24) is 20.2 Å². The summed E-state index contributed by atoms with van der Waals surface area (Å²) >= 11 is 14.9. The number of nitrogens with zero attached hydrogens (tertiary/aromatic N) is 5. The van der Waals surface area contributed by atoms with E-state index in [-0.39, 0.29) is 11.6 Å². The van der Waals surface area contributed by atoms with Gasteiger partial charge in [0.15, 0.2) is 9.35 Å². The van der Waals surface area contributed by atoms with Crippen molar-refractivity contribution in [1.29, 1.82) is 0 Å². The molecule has 0 amide bonds. The lowest BCUT2D eigenvalue weighted by molar-refractivity contribution is -0.418. The molecule has 2 aromatic heterocycles. The summed E-state index contributed by atoms with van der Waals surface area (Å²) in [6.07, 6.45) is 7.43. The Hall–Kier alpha value is -1.81. The predicted molar refractivity (Wildman–Crippen MR) is 101 cm³/mol. The third-order valence-electron chi connectivity index (χ3n) is 2.71. The van der Waals surface area contributed by atoms with Crippen LogP contribution in [0.4, 0.5) is 0 Å². The van der Waals surface area contributed by atoms with Gasteiger partial charge in [-0.2, -0.15) is 0 Å². The smallest absolute Gasteiger partial charge is 0.261 e. The molecule has 11 heteroatoms. The summed E-state index contributed by atoms with van der Waals surface area (Å²) in [7, 11) is 0. The third kappa shape index (κ3) is 5.89. The van der Waals surface area contributed by atoms with Crippen molar-refractivity contribution in [2.45, 2.75) is 4.34 Å². The molecule has 2 rings (SSSR count). The highest BCUT2D eigenvalue weighted by Crippen LogP contribution is 2.30. The van der Waals surface area contributed by atoms with E-state index >= 15 is 0 Å². The second kappa shape index (κ2) is 9.62. The Morgan fingerprint density at radius 3 is 2.84 bits per heavy atom. The predicted octanol–water partition coefficient (Wildman–Crippen LogP) is 4.17. The number of halogens is 2. The van der Waals surface area contributed by atoms with Crippen molar-refractivity contribution in [2.75, 3.05) is 11.6 Å². The summed E-state index contributed by atoms with van der Waals surface area (Å²) in [6.45, 7) is 3.30. The summed E-state index contributed by atoms with van der Waals surface area (Å²) in [5.74, 6) is 0.670. The van der Waals surface area contributed by atoms with Gasteiger partial charge in [0.1, 0.15) is 5.69 Å². The molecule has 0 aliphatic heterocycles. The fourth-order valence-corrected chi connectivity index (χ4v) is 3.99. The van der Waals surface area contributed by atoms with Gasteiger partial charge in [-0.05, 0) is 18.2 Å². The topological polar surface area (TPSA) is 94.7 Å². The molecule has 0 aromatic carbocycles. The zero-order chi connectivity index (χ0) is 18.2. The van der Waals surface area contributed by atoms with E-state index in [4.69, 9.17) is 23.2 Å². The van der Waals surface area contributed by atoms with E-state index in [1.54, 1.807) is 18.6 Å². The van der Waals surface area contributed by atoms with Crippen molar-refractivity contribution >= 4 is 46.3 Å². The van der Waals surface area contributed by atoms with Gasteiger partial charge in [-0.15, -0.1) is 21.8 Å². The Kier molecular flexibility index (Phi) is 7.51. The van der Waals surface area contributed by atoms with Gasteiger partial charge in [0.2, 0.25) is 0 Å². The van der Waals surface area contributed by atoms with Gasteiger partial charge in [-0.3, -0.25) is 20.1 Å². The van der Waals surface area contributed by atoms with Gasteiger partial charge in [-0.1, -0.05) is 34.7 Å². The zero-order valence-electron chi connectivity index (χ0n) is 12.6. The molecule has 0 N–H and O–H groups in total. The van der Waals surface area contributed by atoms with Gasteiger partial charge in [0, 0.05) is 35.1 Å². The highest BCUT2D eigenvalue weighted by molar-refractivity contribution is 8.01. The van der Waals surface area contributed by atoms with Gasteiger partial charge in [0.25, 0.3) is 5.70 Å². The van der Waals surface area contributed by atoms with Crippen LogP contribution in [-0.4, -0.2) is 36.7 Å². The number of alkyl halides is 1. The van der Waals surface area contributed by atoms with E-state index in [0.29, 0.717) is 21.5 Å². The van der Waals surface area contributed by atoms with E-state index in [0.717, 1.165) is 9.91 Å². The molecule has 0 atom stereocenters. The molecule has 0 saturated heterocycles. The van der Waals surface area contributed by atoms with Crippen LogP contribution in [0, 0.1) is 10.1 Å². The van der Waals surface area contributed by atoms with Crippen LogP contribution in [0.5, 0.6) is 0 Å². The molecule has 25 heavy (non-hydrogen) atoms. The molecular formula is C14H11Cl2N5O2S2. The molecule has 0 aliphatic carbocycles. The van der Waals surface area contributed by atoms with Gasteiger partial charge in [0.05, 0.1) is 11.1 Å². The molecule has 0 spiro atoms. The molecule has 0 bridgehead atoms. The SMILES string of the molecule is C=C(/C=C\C(Cl)=C(/CCl)CSc1nnc(-c2cnccn2)s1)[N+](=O)[O-]. The maximum absolute atomic E-state index is 10.5. The second-order valence-electron chi connectivity index (χ2n) is 4.42. The number of hydrogen-bond acceptors (Lipinski definition) is 8. The zero-order valence-corrected chi connectivity index (χ0v) is 15.8. The van der Waals surface area contributed by atoms with E-state index < -0.39 is 4.92 Å². The first-order chi connectivity index (χ1) is 12.0. The van der Waals surface area contributed by atoms with E-state index in [1.807, 2.05) is 0 Å². The fraction of sp³-hybridized carbons (Fsp3) is 0.143. The summed E-state index contributed by atoms with van der Waals surface area (Å²) < 4.78 is 0.728. The normalized spacial score (nSPS) is 12.2. The molecule has 0 radical (unpaired) electrons. The first-order valence-corrected chi connectivity index (χ1v) is 9.40. The van der Waals surface area contributed by atoms with Crippen LogP contribution in [-0.2, 0) is 0 Å². The minimum absolute atomic E-state index is 0.191. The number of aromatic nitrogens is 4. The van der Waals surface area contributed by atoms with Crippen LogP contribution in [0.2, 0.25) is 0 Å². The van der Waals surface area contributed by atoms with E-state index in [1.165, 1.54) is 35.3 Å². The Morgan fingerprint density at radius 1 is 1.40 bits per heavy atom. The second-order valence-corrected chi connectivity index (χ2v) is 7.29. The lowest BCUT2D eigenvalue weighted by Crippen LogP contribution is -1.94. The first-order valence-electron chi connectivity index (χ1n) is 6.68. The largest absolute Gasteiger partial charge is 0.262 e.